The lowest BCUT2D eigenvalue weighted by molar-refractivity contribution is -0.136. The Morgan fingerprint density at radius 2 is 2.12 bits per heavy atom. The van der Waals surface area contributed by atoms with E-state index in [-0.39, 0.29) is 18.6 Å². The van der Waals surface area contributed by atoms with Crippen LogP contribution >= 0.6 is 0 Å². The highest BCUT2D eigenvalue weighted by atomic mass is 16.5. The molecule has 2 N–H and O–H groups in total. The van der Waals surface area contributed by atoms with Gasteiger partial charge in [-0.05, 0) is 49.9 Å². The van der Waals surface area contributed by atoms with Crippen LogP contribution < -0.4 is 15.2 Å². The first-order valence-corrected chi connectivity index (χ1v) is 9.18. The third-order valence-electron chi connectivity index (χ3n) is 4.46. The van der Waals surface area contributed by atoms with Gasteiger partial charge < -0.3 is 24.8 Å². The van der Waals surface area contributed by atoms with Crippen molar-refractivity contribution in [2.75, 3.05) is 40.0 Å². The van der Waals surface area contributed by atoms with E-state index in [4.69, 9.17) is 19.9 Å². The number of amides is 1. The van der Waals surface area contributed by atoms with Gasteiger partial charge in [-0.3, -0.25) is 4.79 Å². The predicted octanol–water partition coefficient (Wildman–Crippen LogP) is 2.16. The van der Waals surface area contributed by atoms with Crippen LogP contribution in [0.15, 0.2) is 30.9 Å². The molecule has 1 aliphatic rings. The zero-order chi connectivity index (χ0) is 18.8. The molecule has 1 aromatic rings. The number of hydrogen-bond donors (Lipinski definition) is 1. The molecule has 0 bridgehead atoms. The number of carbonyl (C=O) groups is 1. The van der Waals surface area contributed by atoms with E-state index < -0.39 is 0 Å². The third kappa shape index (κ3) is 6.04. The summed E-state index contributed by atoms with van der Waals surface area (Å²) >= 11 is 0. The fraction of sp³-hybridized carbons (Fsp3) is 0.550. The van der Waals surface area contributed by atoms with Crippen LogP contribution in [0.5, 0.6) is 11.5 Å². The summed E-state index contributed by atoms with van der Waals surface area (Å²) in [6.45, 7) is 6.48. The van der Waals surface area contributed by atoms with Crippen molar-refractivity contribution in [3.8, 4) is 11.5 Å². The van der Waals surface area contributed by atoms with Gasteiger partial charge in [-0.25, -0.2) is 0 Å². The van der Waals surface area contributed by atoms with Gasteiger partial charge in [0, 0.05) is 19.7 Å². The molecule has 0 unspecified atom stereocenters. The van der Waals surface area contributed by atoms with Crippen LogP contribution in [0, 0.1) is 0 Å². The topological polar surface area (TPSA) is 74.0 Å². The quantitative estimate of drug-likeness (QED) is 0.510. The van der Waals surface area contributed by atoms with Crippen LogP contribution in [-0.2, 0) is 16.0 Å². The second-order valence-electron chi connectivity index (χ2n) is 6.36. The molecule has 1 heterocycles. The number of allylic oxidation sites excluding steroid dienone is 1. The number of carbonyl (C=O) groups excluding carboxylic acids is 1. The van der Waals surface area contributed by atoms with E-state index in [1.165, 1.54) is 0 Å². The van der Waals surface area contributed by atoms with Crippen molar-refractivity contribution >= 4 is 5.91 Å². The number of likely N-dealkylation sites (tertiary alicyclic amines) is 1. The molecule has 1 amide bonds. The van der Waals surface area contributed by atoms with E-state index in [0.29, 0.717) is 37.7 Å². The number of piperidine rings is 1. The van der Waals surface area contributed by atoms with E-state index in [1.807, 2.05) is 29.2 Å². The standard InChI is InChI=1S/C20H30N2O4/c1-3-5-16-6-7-18(19(14-16)24-2)26-15-20(23)22-11-8-17(9-12-22)25-13-4-10-21/h3,6-7,14,17H,1,4-5,8-13,15,21H2,2H3. The summed E-state index contributed by atoms with van der Waals surface area (Å²) in [5.74, 6) is 1.19. The summed E-state index contributed by atoms with van der Waals surface area (Å²) in [7, 11) is 1.59. The Morgan fingerprint density at radius 1 is 1.35 bits per heavy atom. The zero-order valence-corrected chi connectivity index (χ0v) is 15.6. The van der Waals surface area contributed by atoms with Gasteiger partial charge in [0.25, 0.3) is 5.91 Å². The van der Waals surface area contributed by atoms with Crippen molar-refractivity contribution in [1.82, 2.24) is 4.90 Å². The van der Waals surface area contributed by atoms with Crippen molar-refractivity contribution in [1.29, 1.82) is 0 Å². The molecule has 0 aromatic heterocycles. The maximum atomic E-state index is 12.4. The number of hydrogen-bond acceptors (Lipinski definition) is 5. The lowest BCUT2D eigenvalue weighted by atomic mass is 10.1. The molecule has 2 rings (SSSR count). The van der Waals surface area contributed by atoms with E-state index in [1.54, 1.807) is 7.11 Å². The molecule has 0 spiro atoms. The minimum atomic E-state index is -0.0115. The van der Waals surface area contributed by atoms with Gasteiger partial charge >= 0.3 is 0 Å². The molecular weight excluding hydrogens is 332 g/mol. The minimum Gasteiger partial charge on any atom is -0.493 e. The fourth-order valence-corrected chi connectivity index (χ4v) is 2.96. The van der Waals surface area contributed by atoms with Crippen molar-refractivity contribution < 1.29 is 19.0 Å². The van der Waals surface area contributed by atoms with Crippen LogP contribution in [-0.4, -0.2) is 56.9 Å². The predicted molar refractivity (Wildman–Crippen MR) is 102 cm³/mol. The summed E-state index contributed by atoms with van der Waals surface area (Å²) in [6.07, 6.45) is 5.41. The smallest absolute Gasteiger partial charge is 0.260 e. The Kier molecular flexibility index (Phi) is 8.44. The highest BCUT2D eigenvalue weighted by Gasteiger charge is 2.23. The van der Waals surface area contributed by atoms with E-state index >= 15 is 0 Å². The second-order valence-corrected chi connectivity index (χ2v) is 6.36. The minimum absolute atomic E-state index is 0.00978. The molecule has 1 fully saturated rings. The average Bonchev–Trinajstić information content (AvgIpc) is 2.67. The molecule has 0 atom stereocenters. The zero-order valence-electron chi connectivity index (χ0n) is 15.6. The van der Waals surface area contributed by atoms with Gasteiger partial charge in [-0.1, -0.05) is 12.1 Å². The number of methoxy groups -OCH3 is 1. The van der Waals surface area contributed by atoms with Crippen LogP contribution in [0.1, 0.15) is 24.8 Å². The second kappa shape index (κ2) is 10.8. The van der Waals surface area contributed by atoms with Crippen LogP contribution in [0.4, 0.5) is 0 Å². The molecule has 1 saturated heterocycles. The lowest BCUT2D eigenvalue weighted by Crippen LogP contribution is -2.43. The molecule has 26 heavy (non-hydrogen) atoms. The summed E-state index contributed by atoms with van der Waals surface area (Å²) < 4.78 is 16.8. The molecule has 0 radical (unpaired) electrons. The maximum Gasteiger partial charge on any atom is 0.260 e. The van der Waals surface area contributed by atoms with Crippen molar-refractivity contribution in [3.05, 3.63) is 36.4 Å². The monoisotopic (exact) mass is 362 g/mol. The Balaban J connectivity index is 1.79. The number of ether oxygens (including phenoxy) is 3. The maximum absolute atomic E-state index is 12.4. The lowest BCUT2D eigenvalue weighted by Gasteiger charge is -2.32. The largest absolute Gasteiger partial charge is 0.493 e. The van der Waals surface area contributed by atoms with Gasteiger partial charge in [0.05, 0.1) is 13.2 Å². The number of nitrogens with zero attached hydrogens (tertiary/aromatic N) is 1. The Hall–Kier alpha value is -2.05. The molecule has 144 valence electrons. The summed E-state index contributed by atoms with van der Waals surface area (Å²) in [6, 6.07) is 5.70. The molecule has 0 aliphatic carbocycles. The van der Waals surface area contributed by atoms with Crippen LogP contribution in [0.3, 0.4) is 0 Å². The fourth-order valence-electron chi connectivity index (χ4n) is 2.96. The molecule has 6 heteroatoms. The van der Waals surface area contributed by atoms with Crippen molar-refractivity contribution in [3.63, 3.8) is 0 Å². The summed E-state index contributed by atoms with van der Waals surface area (Å²) in [4.78, 5) is 14.2. The highest BCUT2D eigenvalue weighted by molar-refractivity contribution is 5.78. The molecule has 0 saturated carbocycles. The van der Waals surface area contributed by atoms with Crippen molar-refractivity contribution in [2.45, 2.75) is 31.8 Å². The van der Waals surface area contributed by atoms with Crippen molar-refractivity contribution in [2.24, 2.45) is 5.73 Å². The van der Waals surface area contributed by atoms with Crippen LogP contribution in [0.2, 0.25) is 0 Å². The average molecular weight is 362 g/mol. The summed E-state index contributed by atoms with van der Waals surface area (Å²) in [5, 5.41) is 0. The Morgan fingerprint density at radius 3 is 2.77 bits per heavy atom. The highest BCUT2D eigenvalue weighted by Crippen LogP contribution is 2.28. The third-order valence-corrected chi connectivity index (χ3v) is 4.46. The first-order valence-electron chi connectivity index (χ1n) is 9.18. The van der Waals surface area contributed by atoms with Gasteiger partial charge in [-0.15, -0.1) is 6.58 Å². The molecule has 6 nitrogen and oxygen atoms in total. The number of rotatable bonds is 10. The van der Waals surface area contributed by atoms with Gasteiger partial charge in [0.1, 0.15) is 0 Å². The van der Waals surface area contributed by atoms with E-state index in [0.717, 1.165) is 31.2 Å². The molecular formula is C20H30N2O4. The van der Waals surface area contributed by atoms with Gasteiger partial charge in [-0.2, -0.15) is 0 Å². The van der Waals surface area contributed by atoms with E-state index in [2.05, 4.69) is 6.58 Å². The first-order chi connectivity index (χ1) is 12.7. The first kappa shape index (κ1) is 20.3. The number of benzene rings is 1. The van der Waals surface area contributed by atoms with Crippen LogP contribution in [0.25, 0.3) is 0 Å². The SMILES string of the molecule is C=CCc1ccc(OCC(=O)N2CCC(OCCCN)CC2)c(OC)c1. The molecule has 1 aliphatic heterocycles. The Bertz CT molecular complexity index is 583. The van der Waals surface area contributed by atoms with E-state index in [9.17, 15) is 4.79 Å². The van der Waals surface area contributed by atoms with Gasteiger partial charge in [0.15, 0.2) is 18.1 Å². The Labute approximate surface area is 155 Å². The normalized spacial score (nSPS) is 14.9. The number of nitrogens with two attached hydrogens (primary N) is 1. The van der Waals surface area contributed by atoms with Gasteiger partial charge in [0.2, 0.25) is 0 Å². The summed E-state index contributed by atoms with van der Waals surface area (Å²) in [5.41, 5.74) is 6.56. The molecule has 1 aromatic carbocycles.